The van der Waals surface area contributed by atoms with Crippen LogP contribution >= 0.6 is 0 Å². The molecule has 2 rings (SSSR count). The number of nitro benzene ring substituents is 1. The van der Waals surface area contributed by atoms with Crippen molar-refractivity contribution in [3.63, 3.8) is 0 Å². The molecule has 0 unspecified atom stereocenters. The Bertz CT molecular complexity index is 435. The maximum absolute atomic E-state index is 13.2. The molecule has 0 aliphatic carbocycles. The molecule has 0 aromatic heterocycles. The van der Waals surface area contributed by atoms with Crippen LogP contribution < -0.4 is 10.6 Å². The van der Waals surface area contributed by atoms with Gasteiger partial charge in [-0.2, -0.15) is 4.39 Å². The van der Waals surface area contributed by atoms with E-state index in [1.54, 1.807) is 0 Å². The van der Waals surface area contributed by atoms with E-state index in [9.17, 15) is 18.9 Å². The molecule has 0 amide bonds. The first-order valence-electron chi connectivity index (χ1n) is 4.68. The molecule has 7 heteroatoms. The maximum atomic E-state index is 13.2. The standard InChI is InChI=1S/C9H9F2N3O2/c10-5-1-7(11)9(14(15)16)8(2-5)13-6-3-12-4-6/h1-2,6,12-13H,3-4H2. The second-order valence-electron chi connectivity index (χ2n) is 3.54. The predicted molar refractivity (Wildman–Crippen MR) is 53.3 cm³/mol. The van der Waals surface area contributed by atoms with E-state index in [0.717, 1.165) is 6.07 Å². The lowest BCUT2D eigenvalue weighted by molar-refractivity contribution is -0.386. The fraction of sp³-hybridized carbons (Fsp3) is 0.333. The molecular formula is C9H9F2N3O2. The summed E-state index contributed by atoms with van der Waals surface area (Å²) in [4.78, 5) is 9.77. The summed E-state index contributed by atoms with van der Waals surface area (Å²) in [6.45, 7) is 1.24. The van der Waals surface area contributed by atoms with Gasteiger partial charge in [-0.3, -0.25) is 10.1 Å². The van der Waals surface area contributed by atoms with Crippen LogP contribution in [0.2, 0.25) is 0 Å². The van der Waals surface area contributed by atoms with E-state index in [1.165, 1.54) is 0 Å². The summed E-state index contributed by atoms with van der Waals surface area (Å²) in [5.41, 5.74) is -0.831. The number of hydrogen-bond acceptors (Lipinski definition) is 4. The van der Waals surface area contributed by atoms with Crippen molar-refractivity contribution in [1.82, 2.24) is 5.32 Å². The van der Waals surface area contributed by atoms with E-state index in [4.69, 9.17) is 0 Å². The molecule has 86 valence electrons. The topological polar surface area (TPSA) is 67.2 Å². The molecule has 0 radical (unpaired) electrons. The Morgan fingerprint density at radius 1 is 1.44 bits per heavy atom. The van der Waals surface area contributed by atoms with Gasteiger partial charge in [0, 0.05) is 25.2 Å². The van der Waals surface area contributed by atoms with Gasteiger partial charge in [0.25, 0.3) is 0 Å². The minimum atomic E-state index is -1.17. The van der Waals surface area contributed by atoms with E-state index < -0.39 is 22.2 Å². The zero-order valence-electron chi connectivity index (χ0n) is 8.17. The van der Waals surface area contributed by atoms with E-state index in [2.05, 4.69) is 10.6 Å². The Morgan fingerprint density at radius 3 is 2.62 bits per heavy atom. The normalized spacial score (nSPS) is 15.6. The number of nitro groups is 1. The molecule has 1 heterocycles. The Kier molecular flexibility index (Phi) is 2.69. The number of nitrogens with one attached hydrogen (secondary N) is 2. The van der Waals surface area contributed by atoms with Crippen LogP contribution in [0.15, 0.2) is 12.1 Å². The SMILES string of the molecule is O=[N+]([O-])c1c(F)cc(F)cc1NC1CNC1. The number of anilines is 1. The second kappa shape index (κ2) is 4.01. The van der Waals surface area contributed by atoms with E-state index in [0.29, 0.717) is 19.2 Å². The number of benzene rings is 1. The molecule has 0 spiro atoms. The lowest BCUT2D eigenvalue weighted by atomic mass is 10.1. The molecular weight excluding hydrogens is 220 g/mol. The summed E-state index contributed by atoms with van der Waals surface area (Å²) in [6.07, 6.45) is 0. The van der Waals surface area contributed by atoms with Gasteiger partial charge in [-0.1, -0.05) is 0 Å². The Labute approximate surface area is 89.6 Å². The van der Waals surface area contributed by atoms with Crippen molar-refractivity contribution in [3.05, 3.63) is 33.9 Å². The fourth-order valence-electron chi connectivity index (χ4n) is 1.47. The first kappa shape index (κ1) is 10.7. The zero-order chi connectivity index (χ0) is 11.7. The van der Waals surface area contributed by atoms with Gasteiger partial charge in [0.05, 0.1) is 11.0 Å². The van der Waals surface area contributed by atoms with Crippen molar-refractivity contribution in [3.8, 4) is 0 Å². The molecule has 1 aliphatic rings. The lowest BCUT2D eigenvalue weighted by Crippen LogP contribution is -2.51. The van der Waals surface area contributed by atoms with E-state index in [1.807, 2.05) is 0 Å². The minimum Gasteiger partial charge on any atom is -0.374 e. The van der Waals surface area contributed by atoms with E-state index in [-0.39, 0.29) is 11.7 Å². The first-order chi connectivity index (χ1) is 7.58. The van der Waals surface area contributed by atoms with Crippen LogP contribution in [-0.2, 0) is 0 Å². The minimum absolute atomic E-state index is 0.0279. The predicted octanol–water partition coefficient (Wildman–Crippen LogP) is 1.26. The third kappa shape index (κ3) is 1.94. The van der Waals surface area contributed by atoms with Gasteiger partial charge < -0.3 is 10.6 Å². The number of halogens is 2. The van der Waals surface area contributed by atoms with Gasteiger partial charge >= 0.3 is 5.69 Å². The van der Waals surface area contributed by atoms with Crippen molar-refractivity contribution in [1.29, 1.82) is 0 Å². The van der Waals surface area contributed by atoms with Crippen LogP contribution in [-0.4, -0.2) is 24.1 Å². The molecule has 1 aromatic rings. The van der Waals surface area contributed by atoms with Gasteiger partial charge in [0.2, 0.25) is 5.82 Å². The first-order valence-corrected chi connectivity index (χ1v) is 4.68. The molecule has 0 bridgehead atoms. The third-order valence-corrected chi connectivity index (χ3v) is 2.35. The highest BCUT2D eigenvalue weighted by Crippen LogP contribution is 2.29. The average molecular weight is 229 g/mol. The van der Waals surface area contributed by atoms with Crippen LogP contribution in [0, 0.1) is 21.7 Å². The Hall–Kier alpha value is -1.76. The van der Waals surface area contributed by atoms with Gasteiger partial charge in [-0.05, 0) is 0 Å². The van der Waals surface area contributed by atoms with E-state index >= 15 is 0 Å². The van der Waals surface area contributed by atoms with Crippen molar-refractivity contribution in [2.24, 2.45) is 0 Å². The summed E-state index contributed by atoms with van der Waals surface area (Å²) in [5, 5.41) is 16.3. The zero-order valence-corrected chi connectivity index (χ0v) is 8.17. The largest absolute Gasteiger partial charge is 0.374 e. The van der Waals surface area contributed by atoms with Gasteiger partial charge in [0.15, 0.2) is 0 Å². The molecule has 1 fully saturated rings. The Balaban J connectivity index is 2.35. The van der Waals surface area contributed by atoms with Crippen LogP contribution in [0.5, 0.6) is 0 Å². The summed E-state index contributed by atoms with van der Waals surface area (Å²) in [5.74, 6) is -2.00. The van der Waals surface area contributed by atoms with Crippen LogP contribution in [0.25, 0.3) is 0 Å². The summed E-state index contributed by atoms with van der Waals surface area (Å²) >= 11 is 0. The quantitative estimate of drug-likeness (QED) is 0.604. The Morgan fingerprint density at radius 2 is 2.12 bits per heavy atom. The van der Waals surface area contributed by atoms with Gasteiger partial charge in [-0.25, -0.2) is 4.39 Å². The summed E-state index contributed by atoms with van der Waals surface area (Å²) in [7, 11) is 0. The fourth-order valence-corrected chi connectivity index (χ4v) is 1.47. The van der Waals surface area contributed by atoms with Crippen LogP contribution in [0.4, 0.5) is 20.2 Å². The molecule has 1 saturated heterocycles. The average Bonchev–Trinajstić information content (AvgIpc) is 2.09. The summed E-state index contributed by atoms with van der Waals surface area (Å²) in [6, 6.07) is 1.40. The second-order valence-corrected chi connectivity index (χ2v) is 3.54. The lowest BCUT2D eigenvalue weighted by Gasteiger charge is -2.28. The number of nitrogens with zero attached hydrogens (tertiary/aromatic N) is 1. The molecule has 1 aliphatic heterocycles. The van der Waals surface area contributed by atoms with Gasteiger partial charge in [-0.15, -0.1) is 0 Å². The van der Waals surface area contributed by atoms with Crippen molar-refractivity contribution in [2.45, 2.75) is 6.04 Å². The molecule has 1 aromatic carbocycles. The molecule has 16 heavy (non-hydrogen) atoms. The maximum Gasteiger partial charge on any atom is 0.327 e. The van der Waals surface area contributed by atoms with Crippen LogP contribution in [0.1, 0.15) is 0 Å². The molecule has 0 saturated carbocycles. The summed E-state index contributed by atoms with van der Waals surface area (Å²) < 4.78 is 26.1. The highest BCUT2D eigenvalue weighted by molar-refractivity contribution is 5.63. The smallest absolute Gasteiger partial charge is 0.327 e. The van der Waals surface area contributed by atoms with Gasteiger partial charge in [0.1, 0.15) is 11.5 Å². The monoisotopic (exact) mass is 229 g/mol. The number of rotatable bonds is 3. The van der Waals surface area contributed by atoms with Crippen molar-refractivity contribution in [2.75, 3.05) is 18.4 Å². The van der Waals surface area contributed by atoms with Crippen LogP contribution in [0.3, 0.4) is 0 Å². The highest BCUT2D eigenvalue weighted by atomic mass is 19.1. The third-order valence-electron chi connectivity index (χ3n) is 2.35. The molecule has 0 atom stereocenters. The molecule has 5 nitrogen and oxygen atoms in total. The van der Waals surface area contributed by atoms with Crippen molar-refractivity contribution >= 4 is 11.4 Å². The highest BCUT2D eigenvalue weighted by Gasteiger charge is 2.25. The number of hydrogen-bond donors (Lipinski definition) is 2. The molecule has 2 N–H and O–H groups in total. The van der Waals surface area contributed by atoms with Crippen molar-refractivity contribution < 1.29 is 13.7 Å².